The first-order valence-corrected chi connectivity index (χ1v) is 7.21. The SMILES string of the molecule is CCCc1cc(C(=O)Nc2nnns2)cc(NCC)n1. The second kappa shape index (κ2) is 6.90. The maximum Gasteiger partial charge on any atom is 0.257 e. The number of amides is 1. The van der Waals surface area contributed by atoms with Crippen molar-refractivity contribution in [2.45, 2.75) is 26.7 Å². The zero-order valence-electron chi connectivity index (χ0n) is 11.4. The molecule has 0 atom stereocenters. The van der Waals surface area contributed by atoms with E-state index in [1.54, 1.807) is 12.1 Å². The lowest BCUT2D eigenvalue weighted by atomic mass is 10.1. The first kappa shape index (κ1) is 14.3. The number of pyridine rings is 1. The highest BCUT2D eigenvalue weighted by Gasteiger charge is 2.11. The van der Waals surface area contributed by atoms with E-state index in [4.69, 9.17) is 0 Å². The third-order valence-corrected chi connectivity index (χ3v) is 3.04. The fourth-order valence-electron chi connectivity index (χ4n) is 1.73. The molecule has 0 unspecified atom stereocenters. The topological polar surface area (TPSA) is 92.7 Å². The number of anilines is 2. The summed E-state index contributed by atoms with van der Waals surface area (Å²) >= 11 is 1.04. The molecule has 0 saturated carbocycles. The quantitative estimate of drug-likeness (QED) is 0.845. The summed E-state index contributed by atoms with van der Waals surface area (Å²) in [5.74, 6) is 0.474. The van der Waals surface area contributed by atoms with Crippen LogP contribution >= 0.6 is 11.5 Å². The van der Waals surface area contributed by atoms with Gasteiger partial charge in [-0.05, 0) is 30.7 Å². The van der Waals surface area contributed by atoms with Crippen molar-refractivity contribution in [3.63, 3.8) is 0 Å². The van der Waals surface area contributed by atoms with E-state index in [0.29, 0.717) is 16.5 Å². The third kappa shape index (κ3) is 3.70. The van der Waals surface area contributed by atoms with Crippen molar-refractivity contribution in [3.05, 3.63) is 23.4 Å². The van der Waals surface area contributed by atoms with Crippen LogP contribution in [0.25, 0.3) is 0 Å². The summed E-state index contributed by atoms with van der Waals surface area (Å²) in [6.45, 7) is 4.82. The van der Waals surface area contributed by atoms with Crippen LogP contribution in [0.5, 0.6) is 0 Å². The molecule has 1 amide bonds. The molecule has 0 aliphatic rings. The van der Waals surface area contributed by atoms with E-state index in [1.807, 2.05) is 6.92 Å². The average Bonchev–Trinajstić information content (AvgIpc) is 2.92. The zero-order valence-corrected chi connectivity index (χ0v) is 12.2. The maximum atomic E-state index is 12.2. The molecule has 0 aromatic carbocycles. The van der Waals surface area contributed by atoms with Crippen LogP contribution in [0.15, 0.2) is 12.1 Å². The Morgan fingerprint density at radius 1 is 1.35 bits per heavy atom. The van der Waals surface area contributed by atoms with Gasteiger partial charge in [0.1, 0.15) is 5.82 Å². The molecule has 0 spiro atoms. The molecular weight excluding hydrogens is 276 g/mol. The van der Waals surface area contributed by atoms with E-state index in [-0.39, 0.29) is 5.91 Å². The normalized spacial score (nSPS) is 10.3. The molecule has 2 aromatic rings. The van der Waals surface area contributed by atoms with Gasteiger partial charge in [-0.1, -0.05) is 22.9 Å². The molecule has 8 heteroatoms. The Bertz CT molecular complexity index is 547. The van der Waals surface area contributed by atoms with Gasteiger partial charge in [-0.3, -0.25) is 10.1 Å². The summed E-state index contributed by atoms with van der Waals surface area (Å²) in [6.07, 6.45) is 1.81. The number of rotatable bonds is 6. The fraction of sp³-hybridized carbons (Fsp3) is 0.417. The number of aromatic nitrogens is 4. The third-order valence-electron chi connectivity index (χ3n) is 2.52. The molecule has 0 radical (unpaired) electrons. The van der Waals surface area contributed by atoms with Gasteiger partial charge in [0.2, 0.25) is 5.13 Å². The molecule has 106 valence electrons. The molecule has 0 saturated heterocycles. The molecule has 2 heterocycles. The molecule has 7 nitrogen and oxygen atoms in total. The summed E-state index contributed by atoms with van der Waals surface area (Å²) in [6, 6.07) is 3.53. The van der Waals surface area contributed by atoms with E-state index in [1.165, 1.54) is 0 Å². The number of nitrogens with zero attached hydrogens (tertiary/aromatic N) is 4. The number of aryl methyl sites for hydroxylation is 1. The van der Waals surface area contributed by atoms with E-state index < -0.39 is 0 Å². The highest BCUT2D eigenvalue weighted by molar-refractivity contribution is 7.09. The van der Waals surface area contributed by atoms with Crippen LogP contribution in [0.1, 0.15) is 36.3 Å². The monoisotopic (exact) mass is 292 g/mol. The van der Waals surface area contributed by atoms with Crippen LogP contribution in [0, 0.1) is 0 Å². The smallest absolute Gasteiger partial charge is 0.257 e. The number of carbonyl (C=O) groups is 1. The molecule has 0 fully saturated rings. The van der Waals surface area contributed by atoms with Crippen molar-refractivity contribution < 1.29 is 4.79 Å². The van der Waals surface area contributed by atoms with Crippen LogP contribution < -0.4 is 10.6 Å². The van der Waals surface area contributed by atoms with Crippen LogP contribution in [-0.2, 0) is 6.42 Å². The Kier molecular flexibility index (Phi) is 4.94. The van der Waals surface area contributed by atoms with Crippen molar-refractivity contribution in [1.82, 2.24) is 19.8 Å². The van der Waals surface area contributed by atoms with E-state index in [2.05, 4.69) is 37.3 Å². The highest BCUT2D eigenvalue weighted by atomic mass is 32.1. The lowest BCUT2D eigenvalue weighted by Crippen LogP contribution is -2.14. The highest BCUT2D eigenvalue weighted by Crippen LogP contribution is 2.14. The summed E-state index contributed by atoms with van der Waals surface area (Å²) in [7, 11) is 0. The van der Waals surface area contributed by atoms with Crippen LogP contribution in [-0.4, -0.2) is 32.2 Å². The first-order chi connectivity index (χ1) is 9.72. The summed E-state index contributed by atoms with van der Waals surface area (Å²) in [4.78, 5) is 16.6. The molecular formula is C12H16N6OS. The van der Waals surface area contributed by atoms with Gasteiger partial charge in [0.05, 0.1) is 0 Å². The Balaban J connectivity index is 2.22. The second-order valence-corrected chi connectivity index (χ2v) is 4.87. The average molecular weight is 292 g/mol. The van der Waals surface area contributed by atoms with E-state index in [0.717, 1.165) is 36.6 Å². The second-order valence-electron chi connectivity index (χ2n) is 4.13. The number of nitrogens with one attached hydrogen (secondary N) is 2. The predicted molar refractivity (Wildman–Crippen MR) is 78.1 cm³/mol. The molecule has 2 rings (SSSR count). The van der Waals surface area contributed by atoms with Gasteiger partial charge in [-0.2, -0.15) is 0 Å². The maximum absolute atomic E-state index is 12.2. The van der Waals surface area contributed by atoms with Crippen molar-refractivity contribution in [2.75, 3.05) is 17.2 Å². The van der Waals surface area contributed by atoms with Gasteiger partial charge >= 0.3 is 0 Å². The molecule has 0 bridgehead atoms. The van der Waals surface area contributed by atoms with E-state index >= 15 is 0 Å². The van der Waals surface area contributed by atoms with Gasteiger partial charge in [-0.25, -0.2) is 4.98 Å². The van der Waals surface area contributed by atoms with Crippen LogP contribution in [0.3, 0.4) is 0 Å². The van der Waals surface area contributed by atoms with Gasteiger partial charge in [0.25, 0.3) is 5.91 Å². The van der Waals surface area contributed by atoms with Crippen molar-refractivity contribution >= 4 is 28.4 Å². The van der Waals surface area contributed by atoms with Crippen molar-refractivity contribution in [2.24, 2.45) is 0 Å². The number of carbonyl (C=O) groups excluding carboxylic acids is 1. The minimum absolute atomic E-state index is 0.234. The predicted octanol–water partition coefficient (Wildman–Crippen LogP) is 1.96. The molecule has 20 heavy (non-hydrogen) atoms. The van der Waals surface area contributed by atoms with Crippen LogP contribution in [0.4, 0.5) is 10.9 Å². The van der Waals surface area contributed by atoms with Crippen molar-refractivity contribution in [1.29, 1.82) is 0 Å². The molecule has 0 aliphatic carbocycles. The van der Waals surface area contributed by atoms with Gasteiger partial charge in [0, 0.05) is 29.3 Å². The summed E-state index contributed by atoms with van der Waals surface area (Å²) in [5, 5.41) is 13.3. The minimum atomic E-state index is -0.234. The van der Waals surface area contributed by atoms with Gasteiger partial charge in [0.15, 0.2) is 0 Å². The Morgan fingerprint density at radius 3 is 2.85 bits per heavy atom. The van der Waals surface area contributed by atoms with Gasteiger partial charge < -0.3 is 5.32 Å². The Labute approximate surface area is 121 Å². The first-order valence-electron chi connectivity index (χ1n) is 6.44. The number of hydrogen-bond donors (Lipinski definition) is 2. The fourth-order valence-corrected chi connectivity index (χ4v) is 2.09. The minimum Gasteiger partial charge on any atom is -0.370 e. The van der Waals surface area contributed by atoms with Crippen molar-refractivity contribution in [3.8, 4) is 0 Å². The molecule has 2 aromatic heterocycles. The lowest BCUT2D eigenvalue weighted by molar-refractivity contribution is 0.102. The summed E-state index contributed by atoms with van der Waals surface area (Å²) < 4.78 is 3.60. The zero-order chi connectivity index (χ0) is 14.4. The van der Waals surface area contributed by atoms with Gasteiger partial charge in [-0.15, -0.1) is 0 Å². The van der Waals surface area contributed by atoms with E-state index in [9.17, 15) is 4.79 Å². The summed E-state index contributed by atoms with van der Waals surface area (Å²) in [5.41, 5.74) is 1.45. The Hall–Kier alpha value is -2.09. The lowest BCUT2D eigenvalue weighted by Gasteiger charge is -2.08. The largest absolute Gasteiger partial charge is 0.370 e. The molecule has 2 N–H and O–H groups in total. The Morgan fingerprint density at radius 2 is 2.20 bits per heavy atom. The number of hydrogen-bond acceptors (Lipinski definition) is 7. The molecule has 0 aliphatic heterocycles. The van der Waals surface area contributed by atoms with Crippen LogP contribution in [0.2, 0.25) is 0 Å². The standard InChI is InChI=1S/C12H16N6OS/c1-3-5-9-6-8(7-10(14-9)13-4-2)11(19)15-12-16-17-18-20-12/h6-7H,3-5H2,1-2H3,(H,13,14)(H,15,16,18,19).